The summed E-state index contributed by atoms with van der Waals surface area (Å²) in [6.45, 7) is 6.24. The number of hydrogen-bond donors (Lipinski definition) is 3. The average molecular weight is 317 g/mol. The second-order valence-corrected chi connectivity index (χ2v) is 4.94. The van der Waals surface area contributed by atoms with Crippen LogP contribution in [0, 0.1) is 0 Å². The van der Waals surface area contributed by atoms with Crippen LogP contribution in [-0.2, 0) is 0 Å². The Balaban J connectivity index is 0.00000220. The van der Waals surface area contributed by atoms with Crippen LogP contribution in [0.1, 0.15) is 24.9 Å². The maximum Gasteiger partial charge on any atom is 0.162 e. The number of nitrogens with zero attached hydrogens (tertiary/aromatic N) is 1. The Hall–Kier alpha value is -1.01. The van der Waals surface area contributed by atoms with E-state index in [0.29, 0.717) is 18.8 Å². The zero-order valence-corrected chi connectivity index (χ0v) is 13.2. The molecule has 2 rings (SSSR count). The van der Waals surface area contributed by atoms with Crippen LogP contribution >= 0.6 is 12.4 Å². The summed E-state index contributed by atoms with van der Waals surface area (Å²) < 4.78 is 5.45. The molecule has 0 amide bonds. The van der Waals surface area contributed by atoms with Crippen molar-refractivity contribution in [2.45, 2.75) is 19.4 Å². The second kappa shape index (κ2) is 9.10. The van der Waals surface area contributed by atoms with Crippen molar-refractivity contribution in [2.24, 2.45) is 0 Å². The highest BCUT2D eigenvalue weighted by atomic mass is 35.5. The highest BCUT2D eigenvalue weighted by Crippen LogP contribution is 2.37. The Morgan fingerprint density at radius 1 is 1.33 bits per heavy atom. The Bertz CT molecular complexity index is 425. The number of phenolic OH excluding ortho intramolecular Hbond substituents is 1. The van der Waals surface area contributed by atoms with Gasteiger partial charge >= 0.3 is 0 Å². The molecular formula is C15H25ClN2O3. The van der Waals surface area contributed by atoms with Gasteiger partial charge in [0.2, 0.25) is 0 Å². The molecule has 1 aromatic carbocycles. The van der Waals surface area contributed by atoms with Gasteiger partial charge in [0, 0.05) is 44.4 Å². The minimum absolute atomic E-state index is 0. The van der Waals surface area contributed by atoms with E-state index in [1.165, 1.54) is 0 Å². The number of hydrogen-bond acceptors (Lipinski definition) is 5. The number of piperazine rings is 1. The van der Waals surface area contributed by atoms with E-state index in [9.17, 15) is 10.2 Å². The smallest absolute Gasteiger partial charge is 0.162 e. The quantitative estimate of drug-likeness (QED) is 0.743. The molecule has 1 aliphatic heterocycles. The number of nitrogens with one attached hydrogen (secondary N) is 1. The Labute approximate surface area is 132 Å². The van der Waals surface area contributed by atoms with Crippen LogP contribution in [0.25, 0.3) is 0 Å². The Morgan fingerprint density at radius 3 is 2.67 bits per heavy atom. The fourth-order valence-corrected chi connectivity index (χ4v) is 2.73. The molecule has 0 spiro atoms. The first-order valence-electron chi connectivity index (χ1n) is 7.28. The van der Waals surface area contributed by atoms with Gasteiger partial charge in [0.1, 0.15) is 0 Å². The van der Waals surface area contributed by atoms with Gasteiger partial charge in [0.05, 0.1) is 6.61 Å². The Kier molecular flexibility index (Phi) is 7.82. The fraction of sp³-hybridized carbons (Fsp3) is 0.600. The largest absolute Gasteiger partial charge is 0.504 e. The molecule has 1 aliphatic rings. The van der Waals surface area contributed by atoms with Crippen LogP contribution in [-0.4, -0.2) is 54.5 Å². The molecule has 6 heteroatoms. The molecule has 1 aromatic rings. The number of rotatable bonds is 6. The van der Waals surface area contributed by atoms with E-state index in [2.05, 4.69) is 10.2 Å². The number of halogens is 1. The molecule has 0 unspecified atom stereocenters. The van der Waals surface area contributed by atoms with Gasteiger partial charge in [-0.25, -0.2) is 0 Å². The number of aromatic hydroxyl groups is 1. The highest BCUT2D eigenvalue weighted by Gasteiger charge is 2.25. The first-order chi connectivity index (χ1) is 9.77. The van der Waals surface area contributed by atoms with Crippen molar-refractivity contribution in [3.05, 3.63) is 23.8 Å². The summed E-state index contributed by atoms with van der Waals surface area (Å²) in [5.41, 5.74) is 0.840. The van der Waals surface area contributed by atoms with Gasteiger partial charge in [-0.3, -0.25) is 4.90 Å². The van der Waals surface area contributed by atoms with Gasteiger partial charge in [0.25, 0.3) is 0 Å². The van der Waals surface area contributed by atoms with Crippen LogP contribution < -0.4 is 10.1 Å². The summed E-state index contributed by atoms with van der Waals surface area (Å²) in [5.74, 6) is 0.717. The molecule has 1 heterocycles. The number of benzene rings is 1. The minimum Gasteiger partial charge on any atom is -0.504 e. The van der Waals surface area contributed by atoms with Crippen molar-refractivity contribution in [3.63, 3.8) is 0 Å². The van der Waals surface area contributed by atoms with E-state index >= 15 is 0 Å². The summed E-state index contributed by atoms with van der Waals surface area (Å²) in [6, 6.07) is 5.62. The first-order valence-corrected chi connectivity index (χ1v) is 7.28. The molecule has 1 atom stereocenters. The SMILES string of the molecule is CCOc1cccc([C@@H](CCO)N2CCNCC2)c1O.Cl. The highest BCUT2D eigenvalue weighted by molar-refractivity contribution is 5.85. The molecule has 3 N–H and O–H groups in total. The van der Waals surface area contributed by atoms with E-state index in [0.717, 1.165) is 31.7 Å². The van der Waals surface area contributed by atoms with Crippen molar-refractivity contribution in [1.29, 1.82) is 0 Å². The summed E-state index contributed by atoms with van der Waals surface area (Å²) in [7, 11) is 0. The van der Waals surface area contributed by atoms with Gasteiger partial charge in [-0.2, -0.15) is 0 Å². The lowest BCUT2D eigenvalue weighted by atomic mass is 10.00. The van der Waals surface area contributed by atoms with Crippen molar-refractivity contribution < 1.29 is 14.9 Å². The molecule has 0 aromatic heterocycles. The van der Waals surface area contributed by atoms with Crippen molar-refractivity contribution in [3.8, 4) is 11.5 Å². The zero-order chi connectivity index (χ0) is 14.4. The first kappa shape index (κ1) is 18.0. The predicted molar refractivity (Wildman–Crippen MR) is 85.4 cm³/mol. The Morgan fingerprint density at radius 2 is 2.05 bits per heavy atom. The summed E-state index contributed by atoms with van der Waals surface area (Å²) in [5, 5.41) is 23.1. The third-order valence-electron chi connectivity index (χ3n) is 3.68. The number of aliphatic hydroxyl groups is 1. The van der Waals surface area contributed by atoms with Gasteiger partial charge in [0.15, 0.2) is 11.5 Å². The lowest BCUT2D eigenvalue weighted by Crippen LogP contribution is -2.45. The van der Waals surface area contributed by atoms with Gasteiger partial charge in [-0.1, -0.05) is 12.1 Å². The van der Waals surface area contributed by atoms with E-state index in [1.807, 2.05) is 19.1 Å². The lowest BCUT2D eigenvalue weighted by molar-refractivity contribution is 0.138. The van der Waals surface area contributed by atoms with Gasteiger partial charge < -0.3 is 20.3 Å². The normalized spacial score (nSPS) is 17.0. The number of ether oxygens (including phenoxy) is 1. The zero-order valence-electron chi connectivity index (χ0n) is 12.4. The van der Waals surface area contributed by atoms with Crippen LogP contribution in [0.3, 0.4) is 0 Å². The molecule has 120 valence electrons. The van der Waals surface area contributed by atoms with E-state index in [1.54, 1.807) is 6.07 Å². The van der Waals surface area contributed by atoms with E-state index < -0.39 is 0 Å². The van der Waals surface area contributed by atoms with Crippen LogP contribution in [0.5, 0.6) is 11.5 Å². The number of aliphatic hydroxyl groups excluding tert-OH is 1. The summed E-state index contributed by atoms with van der Waals surface area (Å²) in [6.07, 6.45) is 0.614. The van der Waals surface area contributed by atoms with Crippen molar-refractivity contribution in [2.75, 3.05) is 39.4 Å². The molecule has 0 saturated carbocycles. The molecule has 0 radical (unpaired) electrons. The van der Waals surface area contributed by atoms with Crippen LogP contribution in [0.4, 0.5) is 0 Å². The monoisotopic (exact) mass is 316 g/mol. The maximum absolute atomic E-state index is 10.4. The molecule has 0 aliphatic carbocycles. The summed E-state index contributed by atoms with van der Waals surface area (Å²) in [4.78, 5) is 2.30. The maximum atomic E-state index is 10.4. The molecule has 1 saturated heterocycles. The molecule has 0 bridgehead atoms. The molecular weight excluding hydrogens is 292 g/mol. The third-order valence-corrected chi connectivity index (χ3v) is 3.68. The van der Waals surface area contributed by atoms with E-state index in [-0.39, 0.29) is 30.8 Å². The molecule has 21 heavy (non-hydrogen) atoms. The average Bonchev–Trinajstić information content (AvgIpc) is 2.49. The standard InChI is InChI=1S/C15H24N2O3.ClH/c1-2-20-14-5-3-4-12(15(14)19)13(6-11-18)17-9-7-16-8-10-17;/h3-5,13,16,18-19H,2,6-11H2,1H3;1H/t13-;/m1./s1. The van der Waals surface area contributed by atoms with Crippen molar-refractivity contribution in [1.82, 2.24) is 10.2 Å². The van der Waals surface area contributed by atoms with Crippen LogP contribution in [0.15, 0.2) is 18.2 Å². The lowest BCUT2D eigenvalue weighted by Gasteiger charge is -2.35. The van der Waals surface area contributed by atoms with Gasteiger partial charge in [-0.05, 0) is 19.4 Å². The van der Waals surface area contributed by atoms with Gasteiger partial charge in [-0.15, -0.1) is 12.4 Å². The third kappa shape index (κ3) is 4.48. The van der Waals surface area contributed by atoms with Crippen LogP contribution in [0.2, 0.25) is 0 Å². The minimum atomic E-state index is 0. The van der Waals surface area contributed by atoms with E-state index in [4.69, 9.17) is 4.74 Å². The summed E-state index contributed by atoms with van der Waals surface area (Å²) >= 11 is 0. The topological polar surface area (TPSA) is 65.0 Å². The number of para-hydroxylation sites is 1. The predicted octanol–water partition coefficient (Wildman–Crippen LogP) is 1.54. The van der Waals surface area contributed by atoms with Crippen molar-refractivity contribution >= 4 is 12.4 Å². The molecule has 5 nitrogen and oxygen atoms in total. The second-order valence-electron chi connectivity index (χ2n) is 4.94. The fourth-order valence-electron chi connectivity index (χ4n) is 2.73. The number of phenols is 1. The molecule has 1 fully saturated rings.